The highest BCUT2D eigenvalue weighted by molar-refractivity contribution is 14.1. The van der Waals surface area contributed by atoms with Gasteiger partial charge in [0.15, 0.2) is 0 Å². The average molecular weight is 256 g/mol. The molecule has 0 radical (unpaired) electrons. The summed E-state index contributed by atoms with van der Waals surface area (Å²) in [4.78, 5) is 10.6. The molecule has 0 fully saturated rings. The maximum absolute atomic E-state index is 10.6. The molecule has 0 aliphatic rings. The third-order valence-electron chi connectivity index (χ3n) is 1.59. The minimum absolute atomic E-state index is 0.521. The maximum Gasteiger partial charge on any atom is 0.319 e. The molecule has 0 bridgehead atoms. The SMILES string of the molecule is CCCC(I)(CC)C(=O)O. The molecule has 0 aliphatic carbocycles. The Morgan fingerprint density at radius 2 is 2.10 bits per heavy atom. The van der Waals surface area contributed by atoms with Crippen LogP contribution in [0.25, 0.3) is 0 Å². The summed E-state index contributed by atoms with van der Waals surface area (Å²) in [7, 11) is 0. The second kappa shape index (κ2) is 4.16. The van der Waals surface area contributed by atoms with E-state index >= 15 is 0 Å². The van der Waals surface area contributed by atoms with Crippen molar-refractivity contribution in [2.45, 2.75) is 36.5 Å². The van der Waals surface area contributed by atoms with Gasteiger partial charge in [0.05, 0.1) is 0 Å². The fourth-order valence-electron chi connectivity index (χ4n) is 0.831. The van der Waals surface area contributed by atoms with Crippen LogP contribution < -0.4 is 0 Å². The standard InChI is InChI=1S/C7H13IO2/c1-3-5-7(8,4-2)6(9)10/h3-5H2,1-2H3,(H,9,10). The van der Waals surface area contributed by atoms with Crippen LogP contribution in [0.4, 0.5) is 0 Å². The van der Waals surface area contributed by atoms with Gasteiger partial charge in [0.2, 0.25) is 0 Å². The molecule has 0 rings (SSSR count). The van der Waals surface area contributed by atoms with Crippen molar-refractivity contribution in [1.82, 2.24) is 0 Å². The molecular formula is C7H13IO2. The highest BCUT2D eigenvalue weighted by atomic mass is 127. The number of hydrogen-bond acceptors (Lipinski definition) is 1. The molecule has 0 amide bonds. The van der Waals surface area contributed by atoms with Crippen LogP contribution in [0.1, 0.15) is 33.1 Å². The molecule has 3 heteroatoms. The number of aliphatic carboxylic acids is 1. The third-order valence-corrected chi connectivity index (χ3v) is 3.35. The van der Waals surface area contributed by atoms with Gasteiger partial charge in [-0.25, -0.2) is 0 Å². The van der Waals surface area contributed by atoms with Gasteiger partial charge in [0.1, 0.15) is 3.42 Å². The lowest BCUT2D eigenvalue weighted by Gasteiger charge is -2.19. The highest BCUT2D eigenvalue weighted by Gasteiger charge is 2.31. The van der Waals surface area contributed by atoms with Crippen LogP contribution in [0.2, 0.25) is 0 Å². The summed E-state index contributed by atoms with van der Waals surface area (Å²) in [6.45, 7) is 3.92. The topological polar surface area (TPSA) is 37.3 Å². The summed E-state index contributed by atoms with van der Waals surface area (Å²) in [5.74, 6) is -0.683. The minimum Gasteiger partial charge on any atom is -0.480 e. The van der Waals surface area contributed by atoms with Crippen LogP contribution >= 0.6 is 22.6 Å². The molecule has 1 atom stereocenters. The van der Waals surface area contributed by atoms with Gasteiger partial charge in [-0.3, -0.25) is 4.79 Å². The lowest BCUT2D eigenvalue weighted by atomic mass is 10.0. The van der Waals surface area contributed by atoms with E-state index in [0.29, 0.717) is 6.42 Å². The van der Waals surface area contributed by atoms with Gasteiger partial charge in [-0.2, -0.15) is 0 Å². The summed E-state index contributed by atoms with van der Waals surface area (Å²) in [6, 6.07) is 0. The third kappa shape index (κ3) is 2.44. The van der Waals surface area contributed by atoms with Crippen molar-refractivity contribution in [3.05, 3.63) is 0 Å². The average Bonchev–Trinajstić information content (AvgIpc) is 1.88. The quantitative estimate of drug-likeness (QED) is 0.619. The largest absolute Gasteiger partial charge is 0.480 e. The second-order valence-electron chi connectivity index (χ2n) is 2.37. The van der Waals surface area contributed by atoms with Crippen LogP contribution in [0.3, 0.4) is 0 Å². The Hall–Kier alpha value is 0.200. The Bertz CT molecular complexity index is 125. The molecule has 0 saturated heterocycles. The van der Waals surface area contributed by atoms with Gasteiger partial charge in [0, 0.05) is 0 Å². The zero-order chi connectivity index (χ0) is 8.20. The van der Waals surface area contributed by atoms with E-state index in [1.807, 2.05) is 36.4 Å². The number of hydrogen-bond donors (Lipinski definition) is 1. The molecule has 0 heterocycles. The molecule has 1 unspecified atom stereocenters. The summed E-state index contributed by atoms with van der Waals surface area (Å²) in [6.07, 6.45) is 2.40. The fourth-order valence-corrected chi connectivity index (χ4v) is 1.37. The van der Waals surface area contributed by atoms with Crippen LogP contribution in [0, 0.1) is 0 Å². The Labute approximate surface area is 75.1 Å². The molecule has 0 spiro atoms. The van der Waals surface area contributed by atoms with E-state index in [0.717, 1.165) is 12.8 Å². The smallest absolute Gasteiger partial charge is 0.319 e. The van der Waals surface area contributed by atoms with E-state index in [1.54, 1.807) is 0 Å². The summed E-state index contributed by atoms with van der Waals surface area (Å²) in [5, 5.41) is 8.76. The Morgan fingerprint density at radius 3 is 2.20 bits per heavy atom. The van der Waals surface area contributed by atoms with Crippen molar-refractivity contribution >= 4 is 28.6 Å². The lowest BCUT2D eigenvalue weighted by Crippen LogP contribution is -2.30. The molecular weight excluding hydrogens is 243 g/mol. The Balaban J connectivity index is 4.08. The van der Waals surface area contributed by atoms with Crippen molar-refractivity contribution in [1.29, 1.82) is 0 Å². The predicted molar refractivity (Wildman–Crippen MR) is 49.6 cm³/mol. The van der Waals surface area contributed by atoms with Crippen LogP contribution in [-0.4, -0.2) is 14.5 Å². The van der Waals surface area contributed by atoms with Crippen molar-refractivity contribution in [2.24, 2.45) is 0 Å². The summed E-state index contributed by atoms with van der Waals surface area (Å²) in [5.41, 5.74) is 0. The van der Waals surface area contributed by atoms with E-state index in [9.17, 15) is 4.79 Å². The summed E-state index contributed by atoms with van der Waals surface area (Å²) >= 11 is 2.03. The molecule has 0 aliphatic heterocycles. The minimum atomic E-state index is -0.683. The van der Waals surface area contributed by atoms with Gasteiger partial charge in [0.25, 0.3) is 0 Å². The molecule has 0 aromatic carbocycles. The van der Waals surface area contributed by atoms with Gasteiger partial charge < -0.3 is 5.11 Å². The highest BCUT2D eigenvalue weighted by Crippen LogP contribution is 2.28. The molecule has 0 saturated carbocycles. The van der Waals surface area contributed by atoms with Gasteiger partial charge in [-0.1, -0.05) is 42.9 Å². The van der Waals surface area contributed by atoms with E-state index in [1.165, 1.54) is 0 Å². The summed E-state index contributed by atoms with van der Waals surface area (Å²) < 4.78 is -0.521. The van der Waals surface area contributed by atoms with Gasteiger partial charge >= 0.3 is 5.97 Å². The predicted octanol–water partition coefficient (Wildman–Crippen LogP) is 2.45. The molecule has 60 valence electrons. The molecule has 10 heavy (non-hydrogen) atoms. The first-order chi connectivity index (χ1) is 4.56. The van der Waals surface area contributed by atoms with E-state index in [-0.39, 0.29) is 0 Å². The van der Waals surface area contributed by atoms with E-state index in [2.05, 4.69) is 0 Å². The van der Waals surface area contributed by atoms with Crippen LogP contribution in [0.5, 0.6) is 0 Å². The zero-order valence-electron chi connectivity index (χ0n) is 6.35. The van der Waals surface area contributed by atoms with Crippen LogP contribution in [-0.2, 0) is 4.79 Å². The first-order valence-electron chi connectivity index (χ1n) is 3.49. The lowest BCUT2D eigenvalue weighted by molar-refractivity contribution is -0.139. The van der Waals surface area contributed by atoms with Crippen molar-refractivity contribution in [3.63, 3.8) is 0 Å². The number of alkyl halides is 1. The first kappa shape index (κ1) is 10.2. The number of carboxylic acid groups (broad SMARTS) is 1. The molecule has 0 aromatic rings. The van der Waals surface area contributed by atoms with Crippen LogP contribution in [0.15, 0.2) is 0 Å². The first-order valence-corrected chi connectivity index (χ1v) is 4.57. The van der Waals surface area contributed by atoms with E-state index in [4.69, 9.17) is 5.11 Å². The van der Waals surface area contributed by atoms with Gasteiger partial charge in [-0.05, 0) is 12.8 Å². The van der Waals surface area contributed by atoms with Gasteiger partial charge in [-0.15, -0.1) is 0 Å². The second-order valence-corrected chi connectivity index (χ2v) is 4.44. The zero-order valence-corrected chi connectivity index (χ0v) is 8.51. The Morgan fingerprint density at radius 1 is 1.60 bits per heavy atom. The van der Waals surface area contributed by atoms with Crippen molar-refractivity contribution in [3.8, 4) is 0 Å². The maximum atomic E-state index is 10.6. The molecule has 2 nitrogen and oxygen atoms in total. The normalized spacial score (nSPS) is 16.3. The Kier molecular flexibility index (Phi) is 4.24. The number of carboxylic acids is 1. The molecule has 1 N–H and O–H groups in total. The number of halogens is 1. The molecule has 0 aromatic heterocycles. The van der Waals surface area contributed by atoms with Crippen molar-refractivity contribution in [2.75, 3.05) is 0 Å². The monoisotopic (exact) mass is 256 g/mol. The number of carbonyl (C=O) groups is 1. The van der Waals surface area contributed by atoms with E-state index < -0.39 is 9.39 Å². The number of rotatable bonds is 4. The fraction of sp³-hybridized carbons (Fsp3) is 0.857. The van der Waals surface area contributed by atoms with Crippen molar-refractivity contribution < 1.29 is 9.90 Å².